The van der Waals surface area contributed by atoms with Crippen LogP contribution in [0, 0.1) is 0 Å². The molecule has 0 atom stereocenters. The van der Waals surface area contributed by atoms with Crippen molar-refractivity contribution in [3.63, 3.8) is 0 Å². The fourth-order valence-electron chi connectivity index (χ4n) is 5.04. The largest absolute Gasteiger partial charge is 0.494 e. The number of nitrogen functional groups attached to an aromatic ring is 1. The number of carbonyl (C=O) groups is 1. The minimum absolute atomic E-state index is 0.230. The quantitative estimate of drug-likeness (QED) is 0.134. The van der Waals surface area contributed by atoms with Gasteiger partial charge in [-0.05, 0) is 73.0 Å². The number of methoxy groups -OCH3 is 1. The molecular formula is C33H38N8O4. The van der Waals surface area contributed by atoms with E-state index >= 15 is 0 Å². The number of ether oxygens (including phenoxy) is 2. The Morgan fingerprint density at radius 1 is 0.978 bits per heavy atom. The molecule has 0 saturated carbocycles. The van der Waals surface area contributed by atoms with Crippen LogP contribution in [-0.2, 0) is 35.6 Å². The number of carbonyl (C=O) groups excluding carboxylic acids is 1. The predicted molar refractivity (Wildman–Crippen MR) is 172 cm³/mol. The van der Waals surface area contributed by atoms with Gasteiger partial charge in [0, 0.05) is 18.9 Å². The Hall–Kier alpha value is -5.23. The van der Waals surface area contributed by atoms with E-state index in [1.165, 1.54) is 23.7 Å². The summed E-state index contributed by atoms with van der Waals surface area (Å²) in [4.78, 5) is 39.8. The highest BCUT2D eigenvalue weighted by atomic mass is 16.5. The van der Waals surface area contributed by atoms with Crippen LogP contribution in [0.3, 0.4) is 0 Å². The van der Waals surface area contributed by atoms with E-state index in [4.69, 9.17) is 15.2 Å². The normalized spacial score (nSPS) is 11.2. The van der Waals surface area contributed by atoms with Crippen LogP contribution in [0.2, 0.25) is 0 Å². The zero-order valence-electron chi connectivity index (χ0n) is 25.6. The van der Waals surface area contributed by atoms with Gasteiger partial charge in [0.1, 0.15) is 12.1 Å². The summed E-state index contributed by atoms with van der Waals surface area (Å²) in [5.41, 5.74) is 14.0. The highest BCUT2D eigenvalue weighted by molar-refractivity contribution is 5.82. The highest BCUT2D eigenvalue weighted by Crippen LogP contribution is 2.18. The van der Waals surface area contributed by atoms with Gasteiger partial charge >= 0.3 is 11.7 Å². The van der Waals surface area contributed by atoms with E-state index in [9.17, 15) is 9.59 Å². The number of nitrogens with two attached hydrogens (primary N) is 1. The first-order valence-corrected chi connectivity index (χ1v) is 14.8. The molecule has 3 aromatic heterocycles. The molecule has 0 spiro atoms. The molecule has 0 fully saturated rings. The number of benzene rings is 2. The SMILES string of the molecule is COC(=O)Cc1cccc(OCCCCN(C)Cc2ccc(Cn3c(=O)n(NCc4ccncc4)c4c(N)ncnc43)cc2)c1. The highest BCUT2D eigenvalue weighted by Gasteiger charge is 2.18. The molecule has 0 unspecified atom stereocenters. The third-order valence-electron chi connectivity index (χ3n) is 7.42. The van der Waals surface area contributed by atoms with Crippen molar-refractivity contribution < 1.29 is 14.3 Å². The molecule has 0 aliphatic rings. The first-order valence-electron chi connectivity index (χ1n) is 14.8. The first-order chi connectivity index (χ1) is 21.9. The molecule has 0 bridgehead atoms. The molecule has 5 rings (SSSR count). The maximum atomic E-state index is 13.5. The Morgan fingerprint density at radius 3 is 2.53 bits per heavy atom. The third-order valence-corrected chi connectivity index (χ3v) is 7.42. The van der Waals surface area contributed by atoms with E-state index in [1.54, 1.807) is 17.0 Å². The maximum absolute atomic E-state index is 13.5. The molecule has 3 N–H and O–H groups in total. The number of fused-ring (bicyclic) bond motifs is 1. The second kappa shape index (κ2) is 15.0. The van der Waals surface area contributed by atoms with Crippen LogP contribution >= 0.6 is 0 Å². The first kappa shape index (κ1) is 31.2. The summed E-state index contributed by atoms with van der Waals surface area (Å²) < 4.78 is 13.6. The number of aromatic nitrogens is 5. The van der Waals surface area contributed by atoms with Gasteiger partial charge in [0.15, 0.2) is 17.0 Å². The molecular weight excluding hydrogens is 572 g/mol. The van der Waals surface area contributed by atoms with Crippen molar-refractivity contribution in [1.82, 2.24) is 29.1 Å². The van der Waals surface area contributed by atoms with E-state index in [-0.39, 0.29) is 23.9 Å². The second-order valence-electron chi connectivity index (χ2n) is 10.8. The number of pyridine rings is 1. The minimum atomic E-state index is -0.270. The van der Waals surface area contributed by atoms with E-state index < -0.39 is 0 Å². The maximum Gasteiger partial charge on any atom is 0.349 e. The smallest absolute Gasteiger partial charge is 0.349 e. The zero-order valence-corrected chi connectivity index (χ0v) is 25.6. The lowest BCUT2D eigenvalue weighted by molar-refractivity contribution is -0.139. The summed E-state index contributed by atoms with van der Waals surface area (Å²) >= 11 is 0. The van der Waals surface area contributed by atoms with Crippen molar-refractivity contribution >= 4 is 23.0 Å². The molecule has 0 radical (unpaired) electrons. The third kappa shape index (κ3) is 8.24. The van der Waals surface area contributed by atoms with Crippen LogP contribution in [-0.4, -0.2) is 62.4 Å². The second-order valence-corrected chi connectivity index (χ2v) is 10.8. The van der Waals surface area contributed by atoms with Crippen LogP contribution < -0.4 is 21.6 Å². The van der Waals surface area contributed by atoms with E-state index in [0.717, 1.165) is 48.4 Å². The summed E-state index contributed by atoms with van der Waals surface area (Å²) in [6.45, 7) is 3.10. The molecule has 12 nitrogen and oxygen atoms in total. The molecule has 45 heavy (non-hydrogen) atoms. The van der Waals surface area contributed by atoms with Crippen LogP contribution in [0.4, 0.5) is 5.82 Å². The van der Waals surface area contributed by atoms with Gasteiger partial charge in [0.2, 0.25) is 0 Å². The lowest BCUT2D eigenvalue weighted by Gasteiger charge is -2.17. The van der Waals surface area contributed by atoms with E-state index in [1.807, 2.05) is 48.5 Å². The average Bonchev–Trinajstić information content (AvgIpc) is 3.32. The number of nitrogens with zero attached hydrogens (tertiary/aromatic N) is 6. The van der Waals surface area contributed by atoms with Crippen molar-refractivity contribution in [2.24, 2.45) is 0 Å². The molecule has 234 valence electrons. The Kier molecular flexibility index (Phi) is 10.4. The van der Waals surface area contributed by atoms with Crippen molar-refractivity contribution in [3.8, 4) is 5.75 Å². The van der Waals surface area contributed by atoms with Gasteiger partial charge in [-0.1, -0.05) is 36.4 Å². The Labute approximate surface area is 261 Å². The lowest BCUT2D eigenvalue weighted by atomic mass is 10.1. The average molecular weight is 611 g/mol. The van der Waals surface area contributed by atoms with Gasteiger partial charge < -0.3 is 25.5 Å². The number of anilines is 1. The van der Waals surface area contributed by atoms with Gasteiger partial charge in [-0.25, -0.2) is 19.4 Å². The topological polar surface area (TPSA) is 142 Å². The number of rotatable bonds is 15. The monoisotopic (exact) mass is 610 g/mol. The summed E-state index contributed by atoms with van der Waals surface area (Å²) in [6, 6.07) is 19.6. The van der Waals surface area contributed by atoms with Gasteiger partial charge in [-0.3, -0.25) is 14.3 Å². The molecule has 2 aromatic carbocycles. The fraction of sp³-hybridized carbons (Fsp3) is 0.303. The summed E-state index contributed by atoms with van der Waals surface area (Å²) in [5, 5.41) is 0. The predicted octanol–water partition coefficient (Wildman–Crippen LogP) is 3.37. The van der Waals surface area contributed by atoms with E-state index in [2.05, 4.69) is 44.5 Å². The van der Waals surface area contributed by atoms with Crippen molar-refractivity contribution in [2.45, 2.75) is 38.9 Å². The lowest BCUT2D eigenvalue weighted by Crippen LogP contribution is -2.31. The van der Waals surface area contributed by atoms with Gasteiger partial charge in [-0.2, -0.15) is 0 Å². The Balaban J connectivity index is 1.12. The van der Waals surface area contributed by atoms with Gasteiger partial charge in [0.05, 0.1) is 33.2 Å². The summed E-state index contributed by atoms with van der Waals surface area (Å²) in [6.07, 6.45) is 6.92. The fourth-order valence-corrected chi connectivity index (χ4v) is 5.04. The molecule has 3 heterocycles. The standard InChI is InChI=1S/C33H38N8O4/c1-39(16-3-4-17-45-28-7-5-6-27(18-28)19-29(42)44-2)21-25-8-10-26(11-9-25)22-40-32-30(31(34)36-23-37-32)41(33(40)43)38-20-24-12-14-35-15-13-24/h5-15,18,23,38H,3-4,16-17,19-22H2,1-2H3,(H2,34,36,37). The Morgan fingerprint density at radius 2 is 1.76 bits per heavy atom. The van der Waals surface area contributed by atoms with Gasteiger partial charge in [0.25, 0.3) is 0 Å². The Bertz CT molecular complexity index is 1770. The minimum Gasteiger partial charge on any atom is -0.494 e. The zero-order chi connectivity index (χ0) is 31.6. The molecule has 12 heteroatoms. The number of esters is 1. The number of hydrogen-bond acceptors (Lipinski definition) is 10. The molecule has 0 aliphatic carbocycles. The number of nitrogens with one attached hydrogen (secondary N) is 1. The van der Waals surface area contributed by atoms with Crippen LogP contribution in [0.15, 0.2) is 84.2 Å². The van der Waals surface area contributed by atoms with Crippen LogP contribution in [0.5, 0.6) is 5.75 Å². The summed E-state index contributed by atoms with van der Waals surface area (Å²) in [5.74, 6) is 0.720. The van der Waals surface area contributed by atoms with Crippen LogP contribution in [0.1, 0.15) is 35.1 Å². The molecule has 5 aromatic rings. The van der Waals surface area contributed by atoms with Crippen molar-refractivity contribution in [1.29, 1.82) is 0 Å². The van der Waals surface area contributed by atoms with Crippen LogP contribution in [0.25, 0.3) is 11.2 Å². The number of imidazole rings is 1. The van der Waals surface area contributed by atoms with Crippen molar-refractivity contribution in [2.75, 3.05) is 38.5 Å². The summed E-state index contributed by atoms with van der Waals surface area (Å²) in [7, 11) is 3.49. The van der Waals surface area contributed by atoms with E-state index in [0.29, 0.717) is 30.9 Å². The van der Waals surface area contributed by atoms with Crippen molar-refractivity contribution in [3.05, 3.63) is 112 Å². The van der Waals surface area contributed by atoms with Gasteiger partial charge in [-0.15, -0.1) is 0 Å². The molecule has 0 aliphatic heterocycles. The molecule has 0 amide bonds. The number of unbranched alkanes of at least 4 members (excludes halogenated alkanes) is 1. The molecule has 0 saturated heterocycles. The number of hydrogen-bond donors (Lipinski definition) is 2.